The molecule has 1 aliphatic carbocycles. The second-order valence-corrected chi connectivity index (χ2v) is 5.77. The number of hydrogen-bond donors (Lipinski definition) is 3. The highest BCUT2D eigenvalue weighted by Crippen LogP contribution is 2.39. The van der Waals surface area contributed by atoms with Crippen molar-refractivity contribution in [3.05, 3.63) is 35.9 Å². The molecule has 0 radical (unpaired) electrons. The number of phenolic OH excluding ortho intramolecular Hbond substituents is 1. The summed E-state index contributed by atoms with van der Waals surface area (Å²) in [6.07, 6.45) is -0.563. The highest BCUT2D eigenvalue weighted by atomic mass is 16.6. The zero-order valence-corrected chi connectivity index (χ0v) is 12.1. The number of esters is 2. The maximum absolute atomic E-state index is 11.8. The van der Waals surface area contributed by atoms with E-state index >= 15 is 0 Å². The molecule has 1 aromatic rings. The molecule has 0 aromatic heterocycles. The van der Waals surface area contributed by atoms with Gasteiger partial charge in [-0.15, -0.1) is 0 Å². The Morgan fingerprint density at radius 2 is 2.00 bits per heavy atom. The average Bonchev–Trinajstić information content (AvgIpc) is 2.76. The van der Waals surface area contributed by atoms with Gasteiger partial charge in [-0.25, -0.2) is 9.59 Å². The highest BCUT2D eigenvalue weighted by Gasteiger charge is 2.58. The number of fused-ring (bicyclic) bond motifs is 2. The summed E-state index contributed by atoms with van der Waals surface area (Å²) >= 11 is 0. The van der Waals surface area contributed by atoms with Crippen molar-refractivity contribution in [2.75, 3.05) is 0 Å². The Hall–Kier alpha value is -2.38. The van der Waals surface area contributed by atoms with E-state index in [-0.39, 0.29) is 18.6 Å². The monoisotopic (exact) mass is 320 g/mol. The van der Waals surface area contributed by atoms with Crippen LogP contribution in [0.3, 0.4) is 0 Å². The zero-order valence-electron chi connectivity index (χ0n) is 12.1. The van der Waals surface area contributed by atoms with E-state index in [9.17, 15) is 24.9 Å². The van der Waals surface area contributed by atoms with Gasteiger partial charge < -0.3 is 24.8 Å². The van der Waals surface area contributed by atoms with Gasteiger partial charge in [0, 0.05) is 18.9 Å². The maximum atomic E-state index is 11.8. The van der Waals surface area contributed by atoms with Gasteiger partial charge in [-0.2, -0.15) is 0 Å². The third-order valence-electron chi connectivity index (χ3n) is 4.05. The SMILES string of the molecule is O=C(/C=C/c1ccc(O)cc1)O[C@@H]1C[C@]2(O)C[C@@H](OC2=O)[C@@H]1O. The molecule has 3 N–H and O–H groups in total. The fourth-order valence-electron chi connectivity index (χ4n) is 2.80. The van der Waals surface area contributed by atoms with E-state index in [1.165, 1.54) is 24.3 Å². The highest BCUT2D eigenvalue weighted by molar-refractivity contribution is 5.87. The minimum absolute atomic E-state index is 0.00436. The summed E-state index contributed by atoms with van der Waals surface area (Å²) in [4.78, 5) is 23.4. The molecule has 1 aromatic carbocycles. The number of ether oxygens (including phenoxy) is 2. The molecule has 7 nitrogen and oxygen atoms in total. The quantitative estimate of drug-likeness (QED) is 0.536. The standard InChI is InChI=1S/C16H16O7/c17-10-4-1-9(2-5-10)3-6-13(18)22-11-7-16(21)8-12(14(11)19)23-15(16)20/h1-6,11-12,14,17,19,21H,7-8H2/b6-3+/t11-,12-,14-,16+/m1/s1. The molecule has 0 unspecified atom stereocenters. The van der Waals surface area contributed by atoms with Crippen LogP contribution in [0, 0.1) is 0 Å². The first-order valence-corrected chi connectivity index (χ1v) is 7.17. The smallest absolute Gasteiger partial charge is 0.338 e. The van der Waals surface area contributed by atoms with Crippen LogP contribution in [0.15, 0.2) is 30.3 Å². The van der Waals surface area contributed by atoms with Crippen molar-refractivity contribution in [3.8, 4) is 5.75 Å². The number of carbonyl (C=O) groups excluding carboxylic acids is 2. The van der Waals surface area contributed by atoms with Crippen LogP contribution in [0.2, 0.25) is 0 Å². The number of aliphatic hydroxyl groups excluding tert-OH is 1. The first-order chi connectivity index (χ1) is 10.9. The molecule has 4 atom stereocenters. The molecule has 1 heterocycles. The molecule has 23 heavy (non-hydrogen) atoms. The van der Waals surface area contributed by atoms with E-state index < -0.39 is 35.9 Å². The predicted molar refractivity (Wildman–Crippen MR) is 77.1 cm³/mol. The minimum atomic E-state index is -1.70. The Morgan fingerprint density at radius 3 is 2.70 bits per heavy atom. The predicted octanol–water partition coefficient (Wildman–Crippen LogP) is 0.128. The van der Waals surface area contributed by atoms with Crippen LogP contribution in [-0.2, 0) is 19.1 Å². The lowest BCUT2D eigenvalue weighted by Gasteiger charge is -2.32. The van der Waals surface area contributed by atoms with E-state index in [2.05, 4.69) is 0 Å². The largest absolute Gasteiger partial charge is 0.508 e. The Morgan fingerprint density at radius 1 is 1.30 bits per heavy atom. The van der Waals surface area contributed by atoms with E-state index in [0.29, 0.717) is 5.56 Å². The molecule has 1 aliphatic heterocycles. The molecule has 0 amide bonds. The van der Waals surface area contributed by atoms with Gasteiger partial charge >= 0.3 is 11.9 Å². The molecule has 1 saturated carbocycles. The second kappa shape index (κ2) is 5.68. The molecule has 7 heteroatoms. The topological polar surface area (TPSA) is 113 Å². The Bertz CT molecular complexity index is 651. The molecule has 2 fully saturated rings. The van der Waals surface area contributed by atoms with Crippen LogP contribution < -0.4 is 0 Å². The summed E-state index contributed by atoms with van der Waals surface area (Å²) in [5.74, 6) is -1.39. The Labute approximate surface area is 131 Å². The van der Waals surface area contributed by atoms with Crippen LogP contribution in [0.4, 0.5) is 0 Å². The van der Waals surface area contributed by atoms with E-state index in [0.717, 1.165) is 0 Å². The van der Waals surface area contributed by atoms with Crippen molar-refractivity contribution in [1.29, 1.82) is 0 Å². The lowest BCUT2D eigenvalue weighted by molar-refractivity contribution is -0.162. The van der Waals surface area contributed by atoms with E-state index in [1.807, 2.05) is 0 Å². The number of rotatable bonds is 3. The van der Waals surface area contributed by atoms with Gasteiger partial charge in [-0.3, -0.25) is 0 Å². The zero-order chi connectivity index (χ0) is 16.6. The number of benzene rings is 1. The summed E-state index contributed by atoms with van der Waals surface area (Å²) in [5.41, 5.74) is -1.02. The summed E-state index contributed by atoms with van der Waals surface area (Å²) in [5, 5.41) is 29.3. The van der Waals surface area contributed by atoms with Crippen LogP contribution in [0.1, 0.15) is 18.4 Å². The summed E-state index contributed by atoms with van der Waals surface area (Å²) < 4.78 is 10.0. The molecule has 1 saturated heterocycles. The van der Waals surface area contributed by atoms with Crippen molar-refractivity contribution in [2.24, 2.45) is 0 Å². The van der Waals surface area contributed by atoms with Gasteiger partial charge in [0.05, 0.1) is 0 Å². The summed E-state index contributed by atoms with van der Waals surface area (Å²) in [7, 11) is 0. The van der Waals surface area contributed by atoms with E-state index in [4.69, 9.17) is 9.47 Å². The van der Waals surface area contributed by atoms with Crippen molar-refractivity contribution < 1.29 is 34.4 Å². The van der Waals surface area contributed by atoms with Crippen molar-refractivity contribution in [2.45, 2.75) is 36.8 Å². The lowest BCUT2D eigenvalue weighted by Crippen LogP contribution is -2.50. The number of hydrogen-bond acceptors (Lipinski definition) is 7. The molecular formula is C16H16O7. The van der Waals surface area contributed by atoms with Gasteiger partial charge in [0.25, 0.3) is 0 Å². The Balaban J connectivity index is 1.64. The molecule has 2 bridgehead atoms. The number of aromatic hydroxyl groups is 1. The number of phenols is 1. The average molecular weight is 320 g/mol. The van der Waals surface area contributed by atoms with Crippen LogP contribution in [0.25, 0.3) is 6.08 Å². The summed E-state index contributed by atoms with van der Waals surface area (Å²) in [6, 6.07) is 6.19. The van der Waals surface area contributed by atoms with Crippen molar-refractivity contribution >= 4 is 18.0 Å². The maximum Gasteiger partial charge on any atom is 0.338 e. The molecule has 0 spiro atoms. The van der Waals surface area contributed by atoms with Crippen LogP contribution in [-0.4, -0.2) is 51.2 Å². The fraction of sp³-hybridized carbons (Fsp3) is 0.375. The van der Waals surface area contributed by atoms with E-state index in [1.54, 1.807) is 12.1 Å². The van der Waals surface area contributed by atoms with Crippen molar-refractivity contribution in [3.63, 3.8) is 0 Å². The minimum Gasteiger partial charge on any atom is -0.508 e. The first kappa shape index (κ1) is 15.5. The van der Waals surface area contributed by atoms with Gasteiger partial charge in [0.1, 0.15) is 24.1 Å². The molecule has 2 aliphatic rings. The van der Waals surface area contributed by atoms with Gasteiger partial charge in [-0.05, 0) is 23.8 Å². The third kappa shape index (κ3) is 3.06. The van der Waals surface area contributed by atoms with Gasteiger partial charge in [0.15, 0.2) is 5.60 Å². The molecule has 122 valence electrons. The second-order valence-electron chi connectivity index (χ2n) is 5.77. The lowest BCUT2D eigenvalue weighted by atomic mass is 9.82. The first-order valence-electron chi connectivity index (χ1n) is 7.17. The fourth-order valence-corrected chi connectivity index (χ4v) is 2.80. The van der Waals surface area contributed by atoms with Crippen molar-refractivity contribution in [1.82, 2.24) is 0 Å². The Kier molecular flexibility index (Phi) is 3.83. The third-order valence-corrected chi connectivity index (χ3v) is 4.05. The van der Waals surface area contributed by atoms with Gasteiger partial charge in [-0.1, -0.05) is 12.1 Å². The molecule has 3 rings (SSSR count). The summed E-state index contributed by atoms with van der Waals surface area (Å²) in [6.45, 7) is 0. The number of aliphatic hydroxyl groups is 2. The molecular weight excluding hydrogens is 304 g/mol. The van der Waals surface area contributed by atoms with Gasteiger partial charge in [0.2, 0.25) is 0 Å². The normalized spacial score (nSPS) is 32.8. The number of carbonyl (C=O) groups is 2. The van der Waals surface area contributed by atoms with Crippen LogP contribution >= 0.6 is 0 Å². The van der Waals surface area contributed by atoms with Crippen LogP contribution in [0.5, 0.6) is 5.75 Å².